The number of nitrogens with zero attached hydrogens (tertiary/aromatic N) is 1. The van der Waals surface area contributed by atoms with Crippen LogP contribution >= 0.6 is 0 Å². The third kappa shape index (κ3) is 3.39. The molecule has 1 rings (SSSR count). The van der Waals surface area contributed by atoms with Crippen LogP contribution in [0.2, 0.25) is 0 Å². The van der Waals surface area contributed by atoms with Crippen molar-refractivity contribution in [2.45, 2.75) is 38.7 Å². The Kier molecular flexibility index (Phi) is 4.08. The summed E-state index contributed by atoms with van der Waals surface area (Å²) >= 11 is 0. The third-order valence-corrected chi connectivity index (χ3v) is 2.87. The van der Waals surface area contributed by atoms with Gasteiger partial charge in [0.25, 0.3) is 0 Å². The molecule has 0 amide bonds. The van der Waals surface area contributed by atoms with E-state index >= 15 is 0 Å². The summed E-state index contributed by atoms with van der Waals surface area (Å²) in [7, 11) is 0. The standard InChI is InChI=1S/C11H21NO2/c1-10(2)9-12-6-3-11(14,4-7-12)5-8-13/h8,10,14H,3-7,9H2,1-2H3. The van der Waals surface area contributed by atoms with E-state index in [1.54, 1.807) is 0 Å². The minimum absolute atomic E-state index is 0.294. The maximum atomic E-state index is 10.4. The fourth-order valence-electron chi connectivity index (χ4n) is 2.03. The lowest BCUT2D eigenvalue weighted by Crippen LogP contribution is -2.45. The maximum Gasteiger partial charge on any atom is 0.122 e. The molecule has 1 saturated heterocycles. The van der Waals surface area contributed by atoms with Gasteiger partial charge in [0.05, 0.1) is 5.60 Å². The molecule has 1 fully saturated rings. The Hall–Kier alpha value is -0.410. The van der Waals surface area contributed by atoms with Gasteiger partial charge in [-0.25, -0.2) is 0 Å². The van der Waals surface area contributed by atoms with Gasteiger partial charge in [-0.15, -0.1) is 0 Å². The Morgan fingerprint density at radius 2 is 2.00 bits per heavy atom. The molecular weight excluding hydrogens is 178 g/mol. The minimum Gasteiger partial charge on any atom is -0.389 e. The van der Waals surface area contributed by atoms with E-state index in [9.17, 15) is 9.90 Å². The van der Waals surface area contributed by atoms with Gasteiger partial charge < -0.3 is 14.8 Å². The zero-order valence-corrected chi connectivity index (χ0v) is 9.20. The fourth-order valence-corrected chi connectivity index (χ4v) is 2.03. The second-order valence-corrected chi connectivity index (χ2v) is 4.79. The average molecular weight is 199 g/mol. The van der Waals surface area contributed by atoms with Gasteiger partial charge in [0.15, 0.2) is 0 Å². The van der Waals surface area contributed by atoms with Crippen LogP contribution in [0.3, 0.4) is 0 Å². The van der Waals surface area contributed by atoms with E-state index in [2.05, 4.69) is 18.7 Å². The largest absolute Gasteiger partial charge is 0.389 e. The van der Waals surface area contributed by atoms with Crippen molar-refractivity contribution in [3.63, 3.8) is 0 Å². The van der Waals surface area contributed by atoms with Crippen LogP contribution in [0, 0.1) is 5.92 Å². The Morgan fingerprint density at radius 1 is 1.43 bits per heavy atom. The second kappa shape index (κ2) is 4.89. The number of hydrogen-bond donors (Lipinski definition) is 1. The number of carbonyl (C=O) groups is 1. The molecule has 3 heteroatoms. The molecule has 0 unspecified atom stereocenters. The summed E-state index contributed by atoms with van der Waals surface area (Å²) in [5.41, 5.74) is -0.713. The summed E-state index contributed by atoms with van der Waals surface area (Å²) in [6.45, 7) is 7.33. The highest BCUT2D eigenvalue weighted by Crippen LogP contribution is 2.24. The lowest BCUT2D eigenvalue weighted by atomic mass is 9.88. The predicted octanol–water partition coefficient (Wildman–Crippen LogP) is 1.06. The fraction of sp³-hybridized carbons (Fsp3) is 0.909. The van der Waals surface area contributed by atoms with Crippen LogP contribution in [0.4, 0.5) is 0 Å². The van der Waals surface area contributed by atoms with Crippen LogP contribution in [0.5, 0.6) is 0 Å². The molecule has 0 spiro atoms. The van der Waals surface area contributed by atoms with E-state index in [-0.39, 0.29) is 0 Å². The minimum atomic E-state index is -0.713. The van der Waals surface area contributed by atoms with Gasteiger partial charge in [0.2, 0.25) is 0 Å². The van der Waals surface area contributed by atoms with E-state index in [1.165, 1.54) is 0 Å². The van der Waals surface area contributed by atoms with E-state index < -0.39 is 5.60 Å². The Bertz CT molecular complexity index is 184. The number of aldehydes is 1. The van der Waals surface area contributed by atoms with Gasteiger partial charge in [0, 0.05) is 26.1 Å². The maximum absolute atomic E-state index is 10.4. The molecule has 0 aliphatic carbocycles. The predicted molar refractivity (Wildman–Crippen MR) is 56.1 cm³/mol. The number of rotatable bonds is 4. The highest BCUT2D eigenvalue weighted by Gasteiger charge is 2.31. The van der Waals surface area contributed by atoms with Crippen LogP contribution in [-0.2, 0) is 4.79 Å². The summed E-state index contributed by atoms with van der Waals surface area (Å²) in [5, 5.41) is 9.97. The molecule has 82 valence electrons. The van der Waals surface area contributed by atoms with Crippen molar-refractivity contribution in [2.75, 3.05) is 19.6 Å². The molecule has 0 aromatic heterocycles. The normalized spacial score (nSPS) is 22.6. The van der Waals surface area contributed by atoms with Gasteiger partial charge >= 0.3 is 0 Å². The number of likely N-dealkylation sites (tertiary alicyclic amines) is 1. The number of piperidine rings is 1. The summed E-state index contributed by atoms with van der Waals surface area (Å²) in [5.74, 6) is 0.673. The Labute approximate surface area is 86.1 Å². The molecule has 1 heterocycles. The molecule has 0 aromatic rings. The van der Waals surface area contributed by atoms with E-state index in [1.807, 2.05) is 0 Å². The number of hydrogen-bond acceptors (Lipinski definition) is 3. The summed E-state index contributed by atoms with van der Waals surface area (Å²) in [6.07, 6.45) is 2.59. The average Bonchev–Trinajstić information content (AvgIpc) is 2.09. The molecule has 1 aliphatic heterocycles. The zero-order chi connectivity index (χ0) is 10.6. The lowest BCUT2D eigenvalue weighted by molar-refractivity contribution is -0.114. The smallest absolute Gasteiger partial charge is 0.122 e. The molecule has 1 N–H and O–H groups in total. The molecule has 3 nitrogen and oxygen atoms in total. The van der Waals surface area contributed by atoms with Crippen molar-refractivity contribution in [2.24, 2.45) is 5.92 Å². The van der Waals surface area contributed by atoms with Crippen LogP contribution in [-0.4, -0.2) is 41.5 Å². The molecule has 0 atom stereocenters. The molecule has 1 aliphatic rings. The molecular formula is C11H21NO2. The highest BCUT2D eigenvalue weighted by atomic mass is 16.3. The van der Waals surface area contributed by atoms with Crippen LogP contribution < -0.4 is 0 Å². The molecule has 0 radical (unpaired) electrons. The number of carbonyl (C=O) groups excluding carboxylic acids is 1. The number of aliphatic hydroxyl groups is 1. The first kappa shape index (κ1) is 11.7. The van der Waals surface area contributed by atoms with Crippen LogP contribution in [0.25, 0.3) is 0 Å². The second-order valence-electron chi connectivity index (χ2n) is 4.79. The third-order valence-electron chi connectivity index (χ3n) is 2.87. The van der Waals surface area contributed by atoms with Crippen molar-refractivity contribution in [3.8, 4) is 0 Å². The van der Waals surface area contributed by atoms with Gasteiger partial charge in [-0.05, 0) is 18.8 Å². The van der Waals surface area contributed by atoms with Crippen LogP contribution in [0.15, 0.2) is 0 Å². The first-order chi connectivity index (χ1) is 6.56. The molecule has 14 heavy (non-hydrogen) atoms. The topological polar surface area (TPSA) is 40.5 Å². The van der Waals surface area contributed by atoms with Gasteiger partial charge in [-0.1, -0.05) is 13.8 Å². The Morgan fingerprint density at radius 3 is 2.43 bits per heavy atom. The lowest BCUT2D eigenvalue weighted by Gasteiger charge is -2.37. The molecule has 0 aromatic carbocycles. The first-order valence-corrected chi connectivity index (χ1v) is 5.44. The van der Waals surface area contributed by atoms with Crippen molar-refractivity contribution >= 4 is 6.29 Å². The van der Waals surface area contributed by atoms with E-state index in [0.29, 0.717) is 12.3 Å². The SMILES string of the molecule is CC(C)CN1CCC(O)(CC=O)CC1. The monoisotopic (exact) mass is 199 g/mol. The van der Waals surface area contributed by atoms with Crippen molar-refractivity contribution in [3.05, 3.63) is 0 Å². The van der Waals surface area contributed by atoms with Gasteiger partial charge in [-0.2, -0.15) is 0 Å². The molecule has 0 saturated carbocycles. The van der Waals surface area contributed by atoms with Crippen molar-refractivity contribution < 1.29 is 9.90 Å². The van der Waals surface area contributed by atoms with Crippen molar-refractivity contribution in [1.82, 2.24) is 4.90 Å². The zero-order valence-electron chi connectivity index (χ0n) is 9.20. The summed E-state index contributed by atoms with van der Waals surface area (Å²) in [6, 6.07) is 0. The summed E-state index contributed by atoms with van der Waals surface area (Å²) < 4.78 is 0. The van der Waals surface area contributed by atoms with Crippen molar-refractivity contribution in [1.29, 1.82) is 0 Å². The van der Waals surface area contributed by atoms with Gasteiger partial charge in [-0.3, -0.25) is 0 Å². The highest BCUT2D eigenvalue weighted by molar-refractivity contribution is 5.51. The van der Waals surface area contributed by atoms with E-state index in [4.69, 9.17) is 0 Å². The molecule has 0 bridgehead atoms. The van der Waals surface area contributed by atoms with Crippen LogP contribution in [0.1, 0.15) is 33.1 Å². The first-order valence-electron chi connectivity index (χ1n) is 5.44. The quantitative estimate of drug-likeness (QED) is 0.688. The van der Waals surface area contributed by atoms with E-state index in [0.717, 1.165) is 38.8 Å². The van der Waals surface area contributed by atoms with Gasteiger partial charge in [0.1, 0.15) is 6.29 Å². The summed E-state index contributed by atoms with van der Waals surface area (Å²) in [4.78, 5) is 12.7. The Balaban J connectivity index is 2.33.